The first-order chi connectivity index (χ1) is 14.1. The summed E-state index contributed by atoms with van der Waals surface area (Å²) < 4.78 is 9.27. The molecule has 7 heteroatoms. The van der Waals surface area contributed by atoms with Crippen LogP contribution in [-0.4, -0.2) is 52.1 Å². The molecular formula is C23H36BrN4O2+. The monoisotopic (exact) mass is 479 g/mol. The zero-order valence-electron chi connectivity index (χ0n) is 19.1. The maximum Gasteiger partial charge on any atom is 0.407 e. The van der Waals surface area contributed by atoms with Crippen LogP contribution in [0.3, 0.4) is 0 Å². The standard InChI is InChI=1S/C23H35BrN4O2/c1-7-28(8-2,9-3)17-19-15-21(24)26-27(19)20(18-13-11-10-12-14-18)16-25-22(29)30-23(4,5)6/h10-15,20H,7-9,16-17H2,1-6H3/p+1. The van der Waals surface area contributed by atoms with Gasteiger partial charge in [0.05, 0.1) is 31.4 Å². The van der Waals surface area contributed by atoms with Crippen molar-refractivity contribution in [3.8, 4) is 0 Å². The number of aromatic nitrogens is 2. The molecule has 1 aromatic heterocycles. The van der Waals surface area contributed by atoms with E-state index in [4.69, 9.17) is 9.84 Å². The third-order valence-corrected chi connectivity index (χ3v) is 6.00. The van der Waals surface area contributed by atoms with Crippen LogP contribution in [0.2, 0.25) is 0 Å². The van der Waals surface area contributed by atoms with E-state index in [0.717, 1.165) is 46.5 Å². The van der Waals surface area contributed by atoms with Crippen molar-refractivity contribution in [3.63, 3.8) is 0 Å². The molecule has 0 bridgehead atoms. The second-order valence-electron chi connectivity index (χ2n) is 8.66. The van der Waals surface area contributed by atoms with Crippen molar-refractivity contribution in [3.05, 3.63) is 52.3 Å². The van der Waals surface area contributed by atoms with Crippen LogP contribution < -0.4 is 5.32 Å². The lowest BCUT2D eigenvalue weighted by atomic mass is 10.1. The van der Waals surface area contributed by atoms with E-state index in [1.54, 1.807) is 0 Å². The van der Waals surface area contributed by atoms with Crippen LogP contribution >= 0.6 is 15.9 Å². The molecule has 1 atom stereocenters. The molecule has 0 aliphatic heterocycles. The van der Waals surface area contributed by atoms with Gasteiger partial charge in [0.25, 0.3) is 0 Å². The summed E-state index contributed by atoms with van der Waals surface area (Å²) in [4.78, 5) is 12.3. The minimum absolute atomic E-state index is 0.132. The van der Waals surface area contributed by atoms with E-state index in [2.05, 4.69) is 60.2 Å². The van der Waals surface area contributed by atoms with E-state index in [1.807, 2.05) is 43.7 Å². The Balaban J connectivity index is 2.36. The zero-order valence-corrected chi connectivity index (χ0v) is 20.7. The smallest absolute Gasteiger partial charge is 0.407 e. The largest absolute Gasteiger partial charge is 0.444 e. The Morgan fingerprint density at radius 1 is 1.17 bits per heavy atom. The van der Waals surface area contributed by atoms with Crippen LogP contribution in [0.5, 0.6) is 0 Å². The van der Waals surface area contributed by atoms with Gasteiger partial charge in [0, 0.05) is 6.54 Å². The molecule has 0 aliphatic carbocycles. The molecule has 1 heterocycles. The summed E-state index contributed by atoms with van der Waals surface area (Å²) in [7, 11) is 0. The fourth-order valence-corrected chi connectivity index (χ4v) is 4.09. The first-order valence-corrected chi connectivity index (χ1v) is 11.5. The van der Waals surface area contributed by atoms with Gasteiger partial charge in [-0.1, -0.05) is 30.3 Å². The number of amides is 1. The number of carbonyl (C=O) groups excluding carboxylic acids is 1. The van der Waals surface area contributed by atoms with Gasteiger partial charge in [-0.05, 0) is 69.1 Å². The van der Waals surface area contributed by atoms with E-state index in [0.29, 0.717) is 6.54 Å². The molecule has 0 saturated heterocycles. The van der Waals surface area contributed by atoms with E-state index in [-0.39, 0.29) is 6.04 Å². The van der Waals surface area contributed by atoms with E-state index >= 15 is 0 Å². The summed E-state index contributed by atoms with van der Waals surface area (Å²) >= 11 is 3.57. The predicted molar refractivity (Wildman–Crippen MR) is 124 cm³/mol. The van der Waals surface area contributed by atoms with Gasteiger partial charge in [0.1, 0.15) is 16.7 Å². The first-order valence-electron chi connectivity index (χ1n) is 10.7. The number of quaternary nitrogens is 1. The van der Waals surface area contributed by atoms with E-state index in [1.165, 1.54) is 0 Å². The van der Waals surface area contributed by atoms with Crippen molar-refractivity contribution in [2.75, 3.05) is 26.2 Å². The molecule has 2 aromatic rings. The quantitative estimate of drug-likeness (QED) is 0.506. The third kappa shape index (κ3) is 6.57. The van der Waals surface area contributed by atoms with Crippen molar-refractivity contribution < 1.29 is 14.0 Å². The Morgan fingerprint density at radius 2 is 1.77 bits per heavy atom. The molecule has 0 spiro atoms. The second-order valence-corrected chi connectivity index (χ2v) is 9.47. The van der Waals surface area contributed by atoms with Gasteiger partial charge in [-0.25, -0.2) is 4.79 Å². The summed E-state index contributed by atoms with van der Waals surface area (Å²) in [5, 5.41) is 7.69. The van der Waals surface area contributed by atoms with Gasteiger partial charge < -0.3 is 14.5 Å². The number of nitrogens with zero attached hydrogens (tertiary/aromatic N) is 3. The highest BCUT2D eigenvalue weighted by molar-refractivity contribution is 9.10. The number of carbonyl (C=O) groups is 1. The van der Waals surface area contributed by atoms with Gasteiger partial charge in [0.2, 0.25) is 0 Å². The lowest BCUT2D eigenvalue weighted by molar-refractivity contribution is -0.936. The maximum absolute atomic E-state index is 12.3. The molecular weight excluding hydrogens is 444 g/mol. The molecule has 1 aromatic carbocycles. The molecule has 2 rings (SSSR count). The normalized spacial score (nSPS) is 13.2. The number of rotatable bonds is 9. The zero-order chi connectivity index (χ0) is 22.4. The summed E-state index contributed by atoms with van der Waals surface area (Å²) in [5.41, 5.74) is 1.70. The van der Waals surface area contributed by atoms with Gasteiger partial charge in [-0.2, -0.15) is 5.10 Å². The molecule has 1 N–H and O–H groups in total. The van der Waals surface area contributed by atoms with Crippen molar-refractivity contribution >= 4 is 22.0 Å². The fraction of sp³-hybridized carbons (Fsp3) is 0.565. The van der Waals surface area contributed by atoms with Crippen LogP contribution in [0.1, 0.15) is 58.8 Å². The third-order valence-electron chi connectivity index (χ3n) is 5.61. The lowest BCUT2D eigenvalue weighted by Gasteiger charge is -2.36. The van der Waals surface area contributed by atoms with Gasteiger partial charge in [-0.15, -0.1) is 0 Å². The fourth-order valence-electron chi connectivity index (χ4n) is 3.65. The second kappa shape index (κ2) is 10.4. The highest BCUT2D eigenvalue weighted by atomic mass is 79.9. The topological polar surface area (TPSA) is 56.2 Å². The van der Waals surface area contributed by atoms with Gasteiger partial charge >= 0.3 is 6.09 Å². The number of hydrogen-bond donors (Lipinski definition) is 1. The van der Waals surface area contributed by atoms with Crippen LogP contribution in [0.25, 0.3) is 0 Å². The molecule has 6 nitrogen and oxygen atoms in total. The number of halogens is 1. The lowest BCUT2D eigenvalue weighted by Crippen LogP contribution is -2.47. The number of alkyl carbamates (subject to hydrolysis) is 1. The van der Waals surface area contributed by atoms with Crippen molar-refractivity contribution in [2.45, 2.75) is 59.7 Å². The first kappa shape index (κ1) is 24.4. The predicted octanol–water partition coefficient (Wildman–Crippen LogP) is 5.14. The Labute approximate surface area is 189 Å². The summed E-state index contributed by atoms with van der Waals surface area (Å²) in [6.45, 7) is 16.8. The number of hydrogen-bond acceptors (Lipinski definition) is 3. The van der Waals surface area contributed by atoms with E-state index < -0.39 is 11.7 Å². The Hall–Kier alpha value is -1.86. The molecule has 0 radical (unpaired) electrons. The maximum atomic E-state index is 12.3. The van der Waals surface area contributed by atoms with Crippen LogP contribution in [-0.2, 0) is 11.3 Å². The van der Waals surface area contributed by atoms with Crippen molar-refractivity contribution in [2.24, 2.45) is 0 Å². The van der Waals surface area contributed by atoms with Crippen LogP contribution in [0.15, 0.2) is 41.0 Å². The number of nitrogens with one attached hydrogen (secondary N) is 1. The van der Waals surface area contributed by atoms with E-state index in [9.17, 15) is 4.79 Å². The summed E-state index contributed by atoms with van der Waals surface area (Å²) in [5.74, 6) is 0. The summed E-state index contributed by atoms with van der Waals surface area (Å²) in [6, 6.07) is 12.1. The Kier molecular flexibility index (Phi) is 8.50. The van der Waals surface area contributed by atoms with Crippen LogP contribution in [0.4, 0.5) is 4.79 Å². The highest BCUT2D eigenvalue weighted by Crippen LogP contribution is 2.25. The summed E-state index contributed by atoms with van der Waals surface area (Å²) in [6.07, 6.45) is -0.419. The number of ether oxygens (including phenoxy) is 1. The minimum Gasteiger partial charge on any atom is -0.444 e. The molecule has 0 fully saturated rings. The number of benzene rings is 1. The van der Waals surface area contributed by atoms with Crippen molar-refractivity contribution in [1.82, 2.24) is 15.1 Å². The van der Waals surface area contributed by atoms with Crippen molar-refractivity contribution in [1.29, 1.82) is 0 Å². The van der Waals surface area contributed by atoms with Gasteiger partial charge in [0.15, 0.2) is 0 Å². The molecule has 30 heavy (non-hydrogen) atoms. The van der Waals surface area contributed by atoms with Gasteiger partial charge in [-0.3, -0.25) is 4.68 Å². The average molecular weight is 480 g/mol. The Bertz CT molecular complexity index is 802. The molecule has 0 saturated carbocycles. The van der Waals surface area contributed by atoms with Crippen LogP contribution in [0, 0.1) is 0 Å². The molecule has 166 valence electrons. The average Bonchev–Trinajstić information content (AvgIpc) is 3.05. The SMILES string of the molecule is CC[N+](CC)(CC)Cc1cc(Br)nn1C(CNC(=O)OC(C)(C)C)c1ccccc1. The highest BCUT2D eigenvalue weighted by Gasteiger charge is 2.27. The molecule has 0 aliphatic rings. The molecule has 1 amide bonds. The minimum atomic E-state index is -0.535. The Morgan fingerprint density at radius 3 is 2.30 bits per heavy atom. The molecule has 1 unspecified atom stereocenters.